The molecule has 0 radical (unpaired) electrons. The number of nitrogens with zero attached hydrogens (tertiary/aromatic N) is 1. The average Bonchev–Trinajstić information content (AvgIpc) is 2.98. The van der Waals surface area contributed by atoms with Crippen LogP contribution in [0.25, 0.3) is 0 Å². The Kier molecular flexibility index (Phi) is 6.19. The van der Waals surface area contributed by atoms with Crippen LogP contribution in [0.5, 0.6) is 0 Å². The van der Waals surface area contributed by atoms with Crippen molar-refractivity contribution in [2.45, 2.75) is 0 Å². The number of anilines is 3. The normalized spacial score (nSPS) is 13.5. The first kappa shape index (κ1) is 21.9. The second-order valence-electron chi connectivity index (χ2n) is 6.78. The lowest BCUT2D eigenvalue weighted by Gasteiger charge is -2.15. The van der Waals surface area contributed by atoms with Crippen molar-refractivity contribution in [2.24, 2.45) is 0 Å². The largest absolute Gasteiger partial charge is 0.350 e. The van der Waals surface area contributed by atoms with Gasteiger partial charge in [0.05, 0.1) is 5.69 Å². The number of benzene rings is 3. The molecule has 0 atom stereocenters. The van der Waals surface area contributed by atoms with Gasteiger partial charge in [-0.25, -0.2) is 4.90 Å². The van der Waals surface area contributed by atoms with Crippen LogP contribution < -0.4 is 15.5 Å². The third kappa shape index (κ3) is 4.48. The van der Waals surface area contributed by atoms with Gasteiger partial charge in [-0.05, 0) is 60.7 Å². The zero-order valence-electron chi connectivity index (χ0n) is 16.2. The van der Waals surface area contributed by atoms with E-state index in [0.29, 0.717) is 32.7 Å². The monoisotopic (exact) mass is 485 g/mol. The lowest BCUT2D eigenvalue weighted by atomic mass is 10.1. The van der Waals surface area contributed by atoms with Crippen molar-refractivity contribution >= 4 is 69.6 Å². The van der Waals surface area contributed by atoms with Crippen LogP contribution in [0, 0.1) is 0 Å². The van der Waals surface area contributed by atoms with Crippen LogP contribution in [0.3, 0.4) is 0 Å². The Morgan fingerprint density at radius 1 is 0.750 bits per heavy atom. The lowest BCUT2D eigenvalue weighted by molar-refractivity contribution is -0.120. The summed E-state index contributed by atoms with van der Waals surface area (Å²) in [4.78, 5) is 39.0. The van der Waals surface area contributed by atoms with Crippen LogP contribution in [-0.4, -0.2) is 17.7 Å². The molecule has 32 heavy (non-hydrogen) atoms. The van der Waals surface area contributed by atoms with Crippen molar-refractivity contribution in [3.05, 3.63) is 99.1 Å². The molecule has 0 unspecified atom stereocenters. The number of carbonyl (C=O) groups excluding carboxylic acids is 3. The first-order valence-corrected chi connectivity index (χ1v) is 10.4. The molecule has 0 bridgehead atoms. The number of hydrogen-bond acceptors (Lipinski definition) is 4. The summed E-state index contributed by atoms with van der Waals surface area (Å²) in [5.74, 6) is -1.65. The maximum atomic E-state index is 12.9. The SMILES string of the molecule is O=C(Nc1ccc(Cl)cc1)c1cccc(NC2=C(Cl)C(=O)N(c3cccc(Cl)c3)C2=O)c1. The molecule has 1 aliphatic heterocycles. The molecule has 9 heteroatoms. The third-order valence-electron chi connectivity index (χ3n) is 4.59. The van der Waals surface area contributed by atoms with Gasteiger partial charge < -0.3 is 10.6 Å². The summed E-state index contributed by atoms with van der Waals surface area (Å²) in [7, 11) is 0. The molecule has 3 amide bonds. The van der Waals surface area contributed by atoms with Crippen LogP contribution in [0.1, 0.15) is 10.4 Å². The second kappa shape index (κ2) is 9.04. The Morgan fingerprint density at radius 3 is 2.19 bits per heavy atom. The number of amides is 3. The predicted octanol–water partition coefficient (Wildman–Crippen LogP) is 5.68. The summed E-state index contributed by atoms with van der Waals surface area (Å²) >= 11 is 18.0. The van der Waals surface area contributed by atoms with E-state index >= 15 is 0 Å². The van der Waals surface area contributed by atoms with Crippen molar-refractivity contribution in [2.75, 3.05) is 15.5 Å². The fraction of sp³-hybridized carbons (Fsp3) is 0. The summed E-state index contributed by atoms with van der Waals surface area (Å²) < 4.78 is 0. The molecule has 0 fully saturated rings. The van der Waals surface area contributed by atoms with Crippen molar-refractivity contribution < 1.29 is 14.4 Å². The highest BCUT2D eigenvalue weighted by atomic mass is 35.5. The van der Waals surface area contributed by atoms with E-state index in [0.717, 1.165) is 4.90 Å². The Hall–Kier alpha value is -3.32. The van der Waals surface area contributed by atoms with Gasteiger partial charge in [0.25, 0.3) is 17.7 Å². The van der Waals surface area contributed by atoms with Crippen LogP contribution in [0.4, 0.5) is 17.1 Å². The second-order valence-corrected chi connectivity index (χ2v) is 8.03. The molecule has 1 heterocycles. The van der Waals surface area contributed by atoms with E-state index in [1.54, 1.807) is 66.7 Å². The summed E-state index contributed by atoms with van der Waals surface area (Å²) in [5, 5.41) is 6.29. The molecule has 0 saturated heterocycles. The van der Waals surface area contributed by atoms with Crippen LogP contribution in [-0.2, 0) is 9.59 Å². The van der Waals surface area contributed by atoms with E-state index in [2.05, 4.69) is 10.6 Å². The summed E-state index contributed by atoms with van der Waals surface area (Å²) in [6.07, 6.45) is 0. The molecule has 0 aromatic heterocycles. The molecule has 6 nitrogen and oxygen atoms in total. The van der Waals surface area contributed by atoms with Crippen molar-refractivity contribution in [1.29, 1.82) is 0 Å². The number of halogens is 3. The molecule has 0 spiro atoms. The molecular weight excluding hydrogens is 473 g/mol. The molecule has 0 aliphatic carbocycles. The van der Waals surface area contributed by atoms with Crippen molar-refractivity contribution in [1.82, 2.24) is 0 Å². The average molecular weight is 487 g/mol. The quantitative estimate of drug-likeness (QED) is 0.455. The standard InChI is InChI=1S/C23H14Cl3N3O3/c24-14-7-9-16(10-8-14)28-21(30)13-3-1-5-17(11-13)27-20-19(26)22(31)29(23(20)32)18-6-2-4-15(25)12-18/h1-12,27H,(H,28,30). The van der Waals surface area contributed by atoms with E-state index in [9.17, 15) is 14.4 Å². The zero-order valence-corrected chi connectivity index (χ0v) is 18.5. The summed E-state index contributed by atoms with van der Waals surface area (Å²) in [6.45, 7) is 0. The summed E-state index contributed by atoms with van der Waals surface area (Å²) in [5.41, 5.74) is 1.55. The van der Waals surface area contributed by atoms with Gasteiger partial charge in [-0.15, -0.1) is 0 Å². The van der Waals surface area contributed by atoms with E-state index in [1.165, 1.54) is 6.07 Å². The third-order valence-corrected chi connectivity index (χ3v) is 5.43. The molecule has 0 saturated carbocycles. The zero-order chi connectivity index (χ0) is 22.8. The number of hydrogen-bond donors (Lipinski definition) is 2. The minimum absolute atomic E-state index is 0.0908. The number of carbonyl (C=O) groups is 3. The van der Waals surface area contributed by atoms with Crippen LogP contribution in [0.15, 0.2) is 83.5 Å². The van der Waals surface area contributed by atoms with Gasteiger partial charge in [-0.3, -0.25) is 14.4 Å². The lowest BCUT2D eigenvalue weighted by Crippen LogP contribution is -2.32. The van der Waals surface area contributed by atoms with Gasteiger partial charge in [0.2, 0.25) is 0 Å². The fourth-order valence-corrected chi connectivity index (χ4v) is 3.60. The predicted molar refractivity (Wildman–Crippen MR) is 126 cm³/mol. The molecule has 3 aromatic carbocycles. The van der Waals surface area contributed by atoms with E-state index in [-0.39, 0.29) is 16.6 Å². The highest BCUT2D eigenvalue weighted by Crippen LogP contribution is 2.31. The highest BCUT2D eigenvalue weighted by Gasteiger charge is 2.39. The topological polar surface area (TPSA) is 78.5 Å². The van der Waals surface area contributed by atoms with Crippen molar-refractivity contribution in [3.63, 3.8) is 0 Å². The maximum Gasteiger partial charge on any atom is 0.283 e. The van der Waals surface area contributed by atoms with Gasteiger partial charge in [0.15, 0.2) is 0 Å². The first-order valence-electron chi connectivity index (χ1n) is 9.31. The molecule has 2 N–H and O–H groups in total. The Bertz CT molecular complexity index is 1270. The Labute approximate surface area is 198 Å². The first-order chi connectivity index (χ1) is 15.3. The van der Waals surface area contributed by atoms with Crippen LogP contribution >= 0.6 is 34.8 Å². The minimum Gasteiger partial charge on any atom is -0.350 e. The van der Waals surface area contributed by atoms with Gasteiger partial charge >= 0.3 is 0 Å². The highest BCUT2D eigenvalue weighted by molar-refractivity contribution is 6.53. The number of rotatable bonds is 5. The molecule has 160 valence electrons. The molecule has 3 aromatic rings. The van der Waals surface area contributed by atoms with E-state index in [4.69, 9.17) is 34.8 Å². The minimum atomic E-state index is -0.668. The van der Waals surface area contributed by atoms with E-state index in [1.807, 2.05) is 0 Å². The molecular formula is C23H14Cl3N3O3. The van der Waals surface area contributed by atoms with Gasteiger partial charge in [0.1, 0.15) is 10.7 Å². The number of nitrogens with one attached hydrogen (secondary N) is 2. The molecule has 4 rings (SSSR count). The fourth-order valence-electron chi connectivity index (χ4n) is 3.08. The Morgan fingerprint density at radius 2 is 1.47 bits per heavy atom. The smallest absolute Gasteiger partial charge is 0.283 e. The maximum absolute atomic E-state index is 12.9. The molecule has 1 aliphatic rings. The summed E-state index contributed by atoms with van der Waals surface area (Å²) in [6, 6.07) is 19.5. The van der Waals surface area contributed by atoms with Gasteiger partial charge in [-0.2, -0.15) is 0 Å². The van der Waals surface area contributed by atoms with Crippen LogP contribution in [0.2, 0.25) is 10.0 Å². The van der Waals surface area contributed by atoms with Gasteiger partial charge in [0, 0.05) is 27.0 Å². The van der Waals surface area contributed by atoms with Crippen molar-refractivity contribution in [3.8, 4) is 0 Å². The number of imide groups is 1. The van der Waals surface area contributed by atoms with Gasteiger partial charge in [-0.1, -0.05) is 46.9 Å². The Balaban J connectivity index is 1.54. The van der Waals surface area contributed by atoms with E-state index < -0.39 is 11.8 Å².